The molecule has 4 aromatic rings. The minimum Gasteiger partial charge on any atom is -0.497 e. The van der Waals surface area contributed by atoms with Crippen molar-refractivity contribution >= 4 is 63.4 Å². The van der Waals surface area contributed by atoms with E-state index >= 15 is 0 Å². The molecule has 3 aromatic carbocycles. The molecule has 2 N–H and O–H groups in total. The monoisotopic (exact) mass is 589 g/mol. The number of nitrogens with zero attached hydrogens (tertiary/aromatic N) is 1. The third kappa shape index (κ3) is 4.96. The van der Waals surface area contributed by atoms with Gasteiger partial charge in [0.1, 0.15) is 11.8 Å². The molecule has 6 nitrogen and oxygen atoms in total. The number of carbonyl (C=O) groups excluding carboxylic acids is 2. The molecule has 0 bridgehead atoms. The molecule has 0 saturated carbocycles. The number of rotatable bonds is 4. The Morgan fingerprint density at radius 1 is 1.00 bits per heavy atom. The van der Waals surface area contributed by atoms with E-state index in [1.807, 2.05) is 66.0 Å². The predicted octanol–water partition coefficient (Wildman–Crippen LogP) is 8.67. The lowest BCUT2D eigenvalue weighted by Gasteiger charge is -2.34. The zero-order chi connectivity index (χ0) is 27.8. The molecule has 0 fully saturated rings. The van der Waals surface area contributed by atoms with Gasteiger partial charge in [0, 0.05) is 28.3 Å². The van der Waals surface area contributed by atoms with Crippen molar-refractivity contribution in [3.8, 4) is 5.75 Å². The predicted molar refractivity (Wildman–Crippen MR) is 162 cm³/mol. The van der Waals surface area contributed by atoms with Gasteiger partial charge in [-0.1, -0.05) is 53.5 Å². The first-order valence-corrected chi connectivity index (χ1v) is 14.4. The Kier molecular flexibility index (Phi) is 7.27. The van der Waals surface area contributed by atoms with Crippen molar-refractivity contribution < 1.29 is 14.3 Å². The van der Waals surface area contributed by atoms with Gasteiger partial charge in [-0.05, 0) is 71.8 Å². The average molecular weight is 591 g/mol. The zero-order valence-corrected chi connectivity index (χ0v) is 23.8. The summed E-state index contributed by atoms with van der Waals surface area (Å²) in [5.41, 5.74) is 4.42. The highest BCUT2D eigenvalue weighted by atomic mass is 35.5. The number of methoxy groups -OCH3 is 1. The fourth-order valence-electron chi connectivity index (χ4n) is 5.40. The van der Waals surface area contributed by atoms with Gasteiger partial charge in [0.05, 0.1) is 28.5 Å². The number of para-hydroxylation sites is 2. The maximum atomic E-state index is 14.1. The summed E-state index contributed by atoms with van der Waals surface area (Å²) in [5.74, 6) is 0.777. The zero-order valence-electron chi connectivity index (χ0n) is 21.5. The third-order valence-electron chi connectivity index (χ3n) is 7.28. The fraction of sp³-hybridized carbons (Fsp3) is 0.161. The molecule has 2 aliphatic rings. The molecule has 1 aliphatic heterocycles. The van der Waals surface area contributed by atoms with Crippen molar-refractivity contribution in [2.45, 2.75) is 24.8 Å². The lowest BCUT2D eigenvalue weighted by molar-refractivity contribution is -0.116. The molecule has 1 aliphatic carbocycles. The molecule has 0 spiro atoms. The first kappa shape index (κ1) is 26.4. The van der Waals surface area contributed by atoms with Gasteiger partial charge in [-0.3, -0.25) is 9.69 Å². The number of halogens is 2. The molecule has 2 amide bonds. The van der Waals surface area contributed by atoms with Crippen LogP contribution in [0.5, 0.6) is 5.75 Å². The summed E-state index contributed by atoms with van der Waals surface area (Å²) in [6.07, 6.45) is 0.971. The lowest BCUT2D eigenvalue weighted by Crippen LogP contribution is -2.40. The van der Waals surface area contributed by atoms with Crippen molar-refractivity contribution in [2.24, 2.45) is 0 Å². The SMILES string of the molecule is COc1ccc([C@@H]2CC(=O)C3=C(C2)Nc2ccccc2N(C(=O)Nc2ccc(Cl)c(Cl)c2)[C@H]3c2cccs2)cc1. The number of thiophene rings is 1. The highest BCUT2D eigenvalue weighted by Crippen LogP contribution is 2.48. The second-order valence-electron chi connectivity index (χ2n) is 9.68. The van der Waals surface area contributed by atoms with E-state index in [4.69, 9.17) is 27.9 Å². The maximum Gasteiger partial charge on any atom is 0.327 e. The molecule has 2 atom stereocenters. The molecule has 0 saturated heterocycles. The molecule has 9 heteroatoms. The highest BCUT2D eigenvalue weighted by Gasteiger charge is 2.42. The standard InChI is InChI=1S/C31H25Cl2N3O3S/c1-39-21-11-8-18(9-12-21)19-15-25-29(27(37)16-19)30(28-7-4-14-40-28)36(26-6-3-2-5-24(26)35-25)31(38)34-20-10-13-22(32)23(33)17-20/h2-14,17,19,30,35H,15-16H2,1H3,(H,34,38)/t19-,30-/m0/s1. The van der Waals surface area contributed by atoms with Crippen molar-refractivity contribution in [2.75, 3.05) is 22.6 Å². The maximum absolute atomic E-state index is 14.1. The fourth-order valence-corrected chi connectivity index (χ4v) is 6.52. The molecule has 202 valence electrons. The number of ketones is 1. The Bertz CT molecular complexity index is 1620. The van der Waals surface area contributed by atoms with Crippen LogP contribution in [0.15, 0.2) is 95.5 Å². The minimum atomic E-state index is -0.613. The number of carbonyl (C=O) groups is 2. The van der Waals surface area contributed by atoms with E-state index in [1.54, 1.807) is 30.2 Å². The quantitative estimate of drug-likeness (QED) is 0.250. The molecule has 2 heterocycles. The second kappa shape index (κ2) is 11.0. The minimum absolute atomic E-state index is 0.00242. The second-order valence-corrected chi connectivity index (χ2v) is 11.5. The third-order valence-corrected chi connectivity index (χ3v) is 8.94. The average Bonchev–Trinajstić information content (AvgIpc) is 3.44. The van der Waals surface area contributed by atoms with E-state index in [2.05, 4.69) is 10.6 Å². The van der Waals surface area contributed by atoms with Crippen LogP contribution in [0.3, 0.4) is 0 Å². The van der Waals surface area contributed by atoms with E-state index in [0.717, 1.165) is 27.6 Å². The van der Waals surface area contributed by atoms with Crippen LogP contribution in [-0.2, 0) is 4.79 Å². The normalized spacial score (nSPS) is 18.4. The number of Topliss-reactive ketones (excluding diaryl/α,β-unsaturated/α-hetero) is 1. The van der Waals surface area contributed by atoms with E-state index in [-0.39, 0.29) is 17.7 Å². The Hall–Kier alpha value is -3.78. The topological polar surface area (TPSA) is 70.7 Å². The van der Waals surface area contributed by atoms with E-state index < -0.39 is 6.04 Å². The van der Waals surface area contributed by atoms with Crippen molar-refractivity contribution in [3.63, 3.8) is 0 Å². The lowest BCUT2D eigenvalue weighted by atomic mass is 9.79. The smallest absolute Gasteiger partial charge is 0.327 e. The summed E-state index contributed by atoms with van der Waals surface area (Å²) in [4.78, 5) is 30.7. The summed E-state index contributed by atoms with van der Waals surface area (Å²) >= 11 is 13.8. The van der Waals surface area contributed by atoms with Gasteiger partial charge in [-0.25, -0.2) is 4.79 Å². The largest absolute Gasteiger partial charge is 0.497 e. The summed E-state index contributed by atoms with van der Waals surface area (Å²) in [6.45, 7) is 0. The van der Waals surface area contributed by atoms with Crippen LogP contribution >= 0.6 is 34.5 Å². The molecule has 6 rings (SSSR count). The van der Waals surface area contributed by atoms with E-state index in [0.29, 0.717) is 39.8 Å². The van der Waals surface area contributed by atoms with Crippen LogP contribution in [0, 0.1) is 0 Å². The number of nitrogens with one attached hydrogen (secondary N) is 2. The molecular weight excluding hydrogens is 565 g/mol. The van der Waals surface area contributed by atoms with Crippen LogP contribution in [-0.4, -0.2) is 18.9 Å². The molecule has 0 radical (unpaired) electrons. The number of amides is 2. The summed E-state index contributed by atoms with van der Waals surface area (Å²) in [6, 6.07) is 23.3. The Labute approximate surface area is 246 Å². The number of hydrogen-bond donors (Lipinski definition) is 2. The summed E-state index contributed by atoms with van der Waals surface area (Å²) in [7, 11) is 1.64. The first-order valence-electron chi connectivity index (χ1n) is 12.8. The van der Waals surface area contributed by atoms with E-state index in [1.165, 1.54) is 11.3 Å². The van der Waals surface area contributed by atoms with Gasteiger partial charge < -0.3 is 15.4 Å². The number of ether oxygens (including phenoxy) is 1. The number of allylic oxidation sites excluding steroid dienone is 1. The van der Waals surface area contributed by atoms with Crippen molar-refractivity contribution in [1.82, 2.24) is 0 Å². The van der Waals surface area contributed by atoms with E-state index in [9.17, 15) is 9.59 Å². The number of urea groups is 1. The van der Waals surface area contributed by atoms with Crippen LogP contribution in [0.2, 0.25) is 10.0 Å². The number of hydrogen-bond acceptors (Lipinski definition) is 5. The van der Waals surface area contributed by atoms with Gasteiger partial charge in [0.2, 0.25) is 0 Å². The number of anilines is 3. The van der Waals surface area contributed by atoms with Crippen molar-refractivity contribution in [1.29, 1.82) is 0 Å². The molecular formula is C31H25Cl2N3O3S. The van der Waals surface area contributed by atoms with Crippen molar-refractivity contribution in [3.05, 3.63) is 116 Å². The number of benzene rings is 3. The van der Waals surface area contributed by atoms with Crippen LogP contribution < -0.4 is 20.3 Å². The summed E-state index contributed by atoms with van der Waals surface area (Å²) in [5, 5.41) is 9.22. The van der Waals surface area contributed by atoms with Crippen LogP contribution in [0.4, 0.5) is 21.9 Å². The first-order chi connectivity index (χ1) is 19.4. The van der Waals surface area contributed by atoms with Gasteiger partial charge in [0.15, 0.2) is 5.78 Å². The van der Waals surface area contributed by atoms with Gasteiger partial charge in [0.25, 0.3) is 0 Å². The Balaban J connectivity index is 1.45. The molecule has 0 unspecified atom stereocenters. The Morgan fingerprint density at radius 2 is 1.80 bits per heavy atom. The molecule has 40 heavy (non-hydrogen) atoms. The van der Waals surface area contributed by atoms with Gasteiger partial charge >= 0.3 is 6.03 Å². The van der Waals surface area contributed by atoms with Crippen LogP contribution in [0.25, 0.3) is 0 Å². The van der Waals surface area contributed by atoms with Gasteiger partial charge in [-0.15, -0.1) is 11.3 Å². The van der Waals surface area contributed by atoms with Gasteiger partial charge in [-0.2, -0.15) is 0 Å². The molecule has 1 aromatic heterocycles. The number of fused-ring (bicyclic) bond motifs is 1. The highest BCUT2D eigenvalue weighted by molar-refractivity contribution is 7.10. The Morgan fingerprint density at radius 3 is 2.52 bits per heavy atom. The van der Waals surface area contributed by atoms with Crippen LogP contribution in [0.1, 0.15) is 35.2 Å². The summed E-state index contributed by atoms with van der Waals surface area (Å²) < 4.78 is 5.32.